The van der Waals surface area contributed by atoms with Gasteiger partial charge in [-0.15, -0.1) is 11.3 Å². The van der Waals surface area contributed by atoms with Gasteiger partial charge in [0.1, 0.15) is 16.5 Å². The average Bonchev–Trinajstić information content (AvgIpc) is 3.48. The second kappa shape index (κ2) is 10.4. The number of H-pyrrole nitrogens is 1. The number of carboxylic acid groups (broad SMARTS) is 1. The molecule has 4 rings (SSSR count). The van der Waals surface area contributed by atoms with Crippen LogP contribution in [-0.2, 0) is 11.2 Å². The molecular weight excluding hydrogens is 460 g/mol. The van der Waals surface area contributed by atoms with Gasteiger partial charge in [-0.1, -0.05) is 20.8 Å². The van der Waals surface area contributed by atoms with E-state index in [2.05, 4.69) is 25.8 Å². The lowest BCUT2D eigenvalue weighted by molar-refractivity contribution is -0.136. The maximum atomic E-state index is 11.5. The second-order valence-corrected chi connectivity index (χ2v) is 9.86. The fourth-order valence-corrected chi connectivity index (χ4v) is 5.24. The number of hydrogen-bond donors (Lipinski definition) is 2. The molecule has 182 valence electrons. The lowest BCUT2D eigenvalue weighted by atomic mass is 9.87. The standard InChI is InChI=1S/C28H30N2O4S/c1-16(2)17(3)24-20(14-23(31)32)15-29-26(24)28-30-25(18-6-10-21(33-4)11-7-18)27(35-28)19-8-12-22(34-5)13-9-19/h6-13,15-17,29H,14H2,1-5H3,(H,31,32). The molecule has 4 aromatic rings. The van der Waals surface area contributed by atoms with Crippen LogP contribution in [0.2, 0.25) is 0 Å². The third-order valence-corrected chi connectivity index (χ3v) is 7.48. The monoisotopic (exact) mass is 490 g/mol. The molecule has 1 atom stereocenters. The zero-order chi connectivity index (χ0) is 25.1. The Bertz CT molecular complexity index is 1240. The molecule has 0 aliphatic rings. The van der Waals surface area contributed by atoms with Crippen LogP contribution in [0.5, 0.6) is 11.5 Å². The first-order valence-corrected chi connectivity index (χ1v) is 12.4. The number of nitrogens with zero attached hydrogens (tertiary/aromatic N) is 1. The lowest BCUT2D eigenvalue weighted by Crippen LogP contribution is -2.08. The van der Waals surface area contributed by atoms with E-state index in [1.165, 1.54) is 0 Å². The van der Waals surface area contributed by atoms with Crippen molar-refractivity contribution in [3.8, 4) is 43.9 Å². The number of rotatable bonds is 9. The number of thiazole rings is 1. The normalized spacial score (nSPS) is 12.1. The number of aromatic amines is 1. The minimum absolute atomic E-state index is 0.0229. The Balaban J connectivity index is 1.89. The molecule has 0 amide bonds. The zero-order valence-electron chi connectivity index (χ0n) is 20.6. The smallest absolute Gasteiger partial charge is 0.307 e. The third kappa shape index (κ3) is 5.10. The number of benzene rings is 2. The fourth-order valence-electron chi connectivity index (χ4n) is 4.12. The average molecular weight is 491 g/mol. The van der Waals surface area contributed by atoms with Crippen LogP contribution in [0.25, 0.3) is 32.4 Å². The van der Waals surface area contributed by atoms with Crippen molar-refractivity contribution in [2.24, 2.45) is 5.92 Å². The second-order valence-electron chi connectivity index (χ2n) is 8.86. The van der Waals surface area contributed by atoms with Gasteiger partial charge in [-0.25, -0.2) is 4.98 Å². The Morgan fingerprint density at radius 1 is 0.971 bits per heavy atom. The summed E-state index contributed by atoms with van der Waals surface area (Å²) in [6, 6.07) is 15.8. The maximum absolute atomic E-state index is 11.5. The molecule has 0 aliphatic heterocycles. The Labute approximate surface area is 209 Å². The van der Waals surface area contributed by atoms with E-state index in [9.17, 15) is 9.90 Å². The van der Waals surface area contributed by atoms with Gasteiger partial charge in [0.2, 0.25) is 0 Å². The van der Waals surface area contributed by atoms with E-state index in [-0.39, 0.29) is 12.3 Å². The largest absolute Gasteiger partial charge is 0.497 e. The minimum Gasteiger partial charge on any atom is -0.497 e. The SMILES string of the molecule is COc1ccc(-c2nc(-c3[nH]cc(CC(=O)O)c3C(C)C(C)C)sc2-c2ccc(OC)cc2)cc1. The lowest BCUT2D eigenvalue weighted by Gasteiger charge is -2.18. The van der Waals surface area contributed by atoms with Gasteiger partial charge in [-0.3, -0.25) is 4.79 Å². The van der Waals surface area contributed by atoms with Crippen molar-refractivity contribution in [2.45, 2.75) is 33.1 Å². The van der Waals surface area contributed by atoms with Gasteiger partial charge in [0.15, 0.2) is 0 Å². The van der Waals surface area contributed by atoms with E-state index in [1.807, 2.05) is 54.7 Å². The summed E-state index contributed by atoms with van der Waals surface area (Å²) in [7, 11) is 3.30. The summed E-state index contributed by atoms with van der Waals surface area (Å²) in [6.45, 7) is 6.45. The van der Waals surface area contributed by atoms with Crippen LogP contribution in [-0.4, -0.2) is 35.3 Å². The van der Waals surface area contributed by atoms with Crippen LogP contribution in [0.3, 0.4) is 0 Å². The van der Waals surface area contributed by atoms with Crippen molar-refractivity contribution in [2.75, 3.05) is 14.2 Å². The predicted molar refractivity (Wildman–Crippen MR) is 140 cm³/mol. The Morgan fingerprint density at radius 2 is 1.54 bits per heavy atom. The van der Waals surface area contributed by atoms with Crippen molar-refractivity contribution in [1.29, 1.82) is 0 Å². The fraction of sp³-hybridized carbons (Fsp3) is 0.286. The quantitative estimate of drug-likeness (QED) is 0.267. The van der Waals surface area contributed by atoms with E-state index >= 15 is 0 Å². The molecule has 2 aromatic heterocycles. The highest BCUT2D eigenvalue weighted by Crippen LogP contribution is 2.44. The Morgan fingerprint density at radius 3 is 2.06 bits per heavy atom. The van der Waals surface area contributed by atoms with Crippen molar-refractivity contribution < 1.29 is 19.4 Å². The number of aromatic nitrogens is 2. The summed E-state index contributed by atoms with van der Waals surface area (Å²) < 4.78 is 10.7. The first-order chi connectivity index (χ1) is 16.8. The van der Waals surface area contributed by atoms with Gasteiger partial charge in [0.05, 0.1) is 36.9 Å². The van der Waals surface area contributed by atoms with E-state index in [1.54, 1.807) is 25.6 Å². The summed E-state index contributed by atoms with van der Waals surface area (Å²) in [4.78, 5) is 21.0. The van der Waals surface area contributed by atoms with E-state index < -0.39 is 5.97 Å². The van der Waals surface area contributed by atoms with E-state index in [4.69, 9.17) is 14.5 Å². The topological polar surface area (TPSA) is 84.4 Å². The summed E-state index contributed by atoms with van der Waals surface area (Å²) in [5, 5.41) is 10.3. The van der Waals surface area contributed by atoms with Crippen molar-refractivity contribution in [3.63, 3.8) is 0 Å². The summed E-state index contributed by atoms with van der Waals surface area (Å²) >= 11 is 1.60. The molecular formula is C28H30N2O4S. The Kier molecular flexibility index (Phi) is 7.26. The Hall–Kier alpha value is -3.58. The van der Waals surface area contributed by atoms with Gasteiger partial charge in [-0.2, -0.15) is 0 Å². The molecule has 1 unspecified atom stereocenters. The highest BCUT2D eigenvalue weighted by molar-refractivity contribution is 7.19. The molecule has 35 heavy (non-hydrogen) atoms. The van der Waals surface area contributed by atoms with Gasteiger partial charge in [-0.05, 0) is 77.1 Å². The predicted octanol–water partition coefficient (Wildman–Crippen LogP) is 6.88. The van der Waals surface area contributed by atoms with E-state index in [0.717, 1.165) is 55.0 Å². The van der Waals surface area contributed by atoms with Crippen LogP contribution < -0.4 is 9.47 Å². The first kappa shape index (κ1) is 24.5. The zero-order valence-corrected chi connectivity index (χ0v) is 21.4. The van der Waals surface area contributed by atoms with Crippen LogP contribution in [0.1, 0.15) is 37.8 Å². The molecule has 2 aromatic carbocycles. The highest BCUT2D eigenvalue weighted by atomic mass is 32.1. The van der Waals surface area contributed by atoms with Crippen LogP contribution >= 0.6 is 11.3 Å². The van der Waals surface area contributed by atoms with Crippen LogP contribution in [0.4, 0.5) is 0 Å². The number of ether oxygens (including phenoxy) is 2. The molecule has 0 bridgehead atoms. The molecule has 2 heterocycles. The minimum atomic E-state index is -0.843. The molecule has 0 saturated heterocycles. The summed E-state index contributed by atoms with van der Waals surface area (Å²) in [5.74, 6) is 1.25. The van der Waals surface area contributed by atoms with Crippen molar-refractivity contribution in [1.82, 2.24) is 9.97 Å². The number of hydrogen-bond acceptors (Lipinski definition) is 5. The molecule has 6 nitrogen and oxygen atoms in total. The van der Waals surface area contributed by atoms with Gasteiger partial charge < -0.3 is 19.6 Å². The molecule has 0 spiro atoms. The van der Waals surface area contributed by atoms with Crippen LogP contribution in [0.15, 0.2) is 54.7 Å². The molecule has 0 fully saturated rings. The number of carbonyl (C=O) groups is 1. The number of aliphatic carboxylic acids is 1. The number of methoxy groups -OCH3 is 2. The molecule has 7 heteroatoms. The maximum Gasteiger partial charge on any atom is 0.307 e. The number of carboxylic acids is 1. The molecule has 2 N–H and O–H groups in total. The van der Waals surface area contributed by atoms with Gasteiger partial charge in [0.25, 0.3) is 0 Å². The summed E-state index contributed by atoms with van der Waals surface area (Å²) in [6.07, 6.45) is 1.80. The van der Waals surface area contributed by atoms with E-state index in [0.29, 0.717) is 5.92 Å². The van der Waals surface area contributed by atoms with Crippen LogP contribution in [0, 0.1) is 5.92 Å². The third-order valence-electron chi connectivity index (χ3n) is 6.36. The first-order valence-electron chi connectivity index (χ1n) is 11.5. The van der Waals surface area contributed by atoms with Crippen molar-refractivity contribution in [3.05, 3.63) is 65.9 Å². The van der Waals surface area contributed by atoms with Gasteiger partial charge >= 0.3 is 5.97 Å². The number of nitrogens with one attached hydrogen (secondary N) is 1. The van der Waals surface area contributed by atoms with Gasteiger partial charge in [0, 0.05) is 11.8 Å². The summed E-state index contributed by atoms with van der Waals surface area (Å²) in [5.41, 5.74) is 5.61. The molecule has 0 saturated carbocycles. The highest BCUT2D eigenvalue weighted by Gasteiger charge is 2.25. The molecule has 0 aliphatic carbocycles. The van der Waals surface area contributed by atoms with Crippen molar-refractivity contribution >= 4 is 17.3 Å². The molecule has 0 radical (unpaired) electrons.